The van der Waals surface area contributed by atoms with Crippen molar-refractivity contribution in [1.82, 2.24) is 9.80 Å². The second-order valence-electron chi connectivity index (χ2n) is 10.8. The van der Waals surface area contributed by atoms with Crippen LogP contribution in [0.5, 0.6) is 0 Å². The molecule has 0 spiro atoms. The minimum Gasteiger partial charge on any atom is -0.338 e. The smallest absolute Gasteiger partial charge is 0.338 e. The Bertz CT molecular complexity index is 1270. The number of halogens is 6. The summed E-state index contributed by atoms with van der Waals surface area (Å²) in [6.45, 7) is 6.08. The van der Waals surface area contributed by atoms with Crippen LogP contribution in [0.15, 0.2) is 78.9 Å². The molecule has 1 heterocycles. The molecule has 2 unspecified atom stereocenters. The van der Waals surface area contributed by atoms with Gasteiger partial charge in [0.2, 0.25) is 0 Å². The fraction of sp³-hybridized carbons (Fsp3) is 0.387. The van der Waals surface area contributed by atoms with E-state index in [1.807, 2.05) is 24.8 Å². The predicted molar refractivity (Wildman–Crippen MR) is 142 cm³/mol. The zero-order valence-corrected chi connectivity index (χ0v) is 22.3. The first-order valence-corrected chi connectivity index (χ1v) is 13.2. The van der Waals surface area contributed by atoms with Gasteiger partial charge in [-0.1, -0.05) is 62.4 Å². The SMILES string of the molecule is CC(C)CN(CC1CN(Cc2ccc(C(F)(F)F)cc2)CC1c1cccc(C(F)(F)F)c1)C(=O)c1ccccc1. The Hall–Kier alpha value is -3.33. The maximum absolute atomic E-state index is 13.5. The molecule has 0 radical (unpaired) electrons. The second kappa shape index (κ2) is 12.0. The van der Waals surface area contributed by atoms with Crippen LogP contribution in [0.25, 0.3) is 0 Å². The van der Waals surface area contributed by atoms with Gasteiger partial charge >= 0.3 is 12.4 Å². The van der Waals surface area contributed by atoms with Gasteiger partial charge in [0.25, 0.3) is 5.91 Å². The Labute approximate surface area is 230 Å². The molecular formula is C31H32F6N2O. The zero-order valence-electron chi connectivity index (χ0n) is 22.3. The van der Waals surface area contributed by atoms with Gasteiger partial charge in [0.1, 0.15) is 0 Å². The summed E-state index contributed by atoms with van der Waals surface area (Å²) in [7, 11) is 0. The summed E-state index contributed by atoms with van der Waals surface area (Å²) in [6.07, 6.45) is -8.92. The number of nitrogens with zero attached hydrogens (tertiary/aromatic N) is 2. The van der Waals surface area contributed by atoms with Crippen molar-refractivity contribution in [3.05, 3.63) is 107 Å². The van der Waals surface area contributed by atoms with Gasteiger partial charge in [0.15, 0.2) is 0 Å². The van der Waals surface area contributed by atoms with Crippen molar-refractivity contribution in [2.24, 2.45) is 11.8 Å². The fourth-order valence-electron chi connectivity index (χ4n) is 5.38. The highest BCUT2D eigenvalue weighted by Gasteiger charge is 2.38. The lowest BCUT2D eigenvalue weighted by Gasteiger charge is -2.30. The van der Waals surface area contributed by atoms with Crippen LogP contribution in [0.4, 0.5) is 26.3 Å². The van der Waals surface area contributed by atoms with Gasteiger partial charge < -0.3 is 4.90 Å². The van der Waals surface area contributed by atoms with Gasteiger partial charge in [0.05, 0.1) is 11.1 Å². The molecule has 0 aliphatic carbocycles. The average Bonchev–Trinajstić information content (AvgIpc) is 3.29. The molecule has 9 heteroatoms. The summed E-state index contributed by atoms with van der Waals surface area (Å²) < 4.78 is 79.6. The van der Waals surface area contributed by atoms with E-state index in [-0.39, 0.29) is 23.7 Å². The van der Waals surface area contributed by atoms with E-state index in [2.05, 4.69) is 0 Å². The number of carbonyl (C=O) groups excluding carboxylic acids is 1. The third-order valence-electron chi connectivity index (χ3n) is 7.19. The van der Waals surface area contributed by atoms with Crippen molar-refractivity contribution < 1.29 is 31.1 Å². The molecule has 1 saturated heterocycles. The van der Waals surface area contributed by atoms with Crippen molar-refractivity contribution in [2.75, 3.05) is 26.2 Å². The molecule has 0 bridgehead atoms. The molecule has 1 amide bonds. The summed E-state index contributed by atoms with van der Waals surface area (Å²) in [6, 6.07) is 19.1. The average molecular weight is 563 g/mol. The van der Waals surface area contributed by atoms with Crippen LogP contribution < -0.4 is 0 Å². The van der Waals surface area contributed by atoms with Gasteiger partial charge in [-0.2, -0.15) is 26.3 Å². The summed E-state index contributed by atoms with van der Waals surface area (Å²) >= 11 is 0. The van der Waals surface area contributed by atoms with Crippen LogP contribution in [0.2, 0.25) is 0 Å². The van der Waals surface area contributed by atoms with Gasteiger partial charge in [0, 0.05) is 44.2 Å². The van der Waals surface area contributed by atoms with E-state index >= 15 is 0 Å². The molecule has 3 aromatic rings. The highest BCUT2D eigenvalue weighted by molar-refractivity contribution is 5.94. The number of alkyl halides is 6. The quantitative estimate of drug-likeness (QED) is 0.262. The van der Waals surface area contributed by atoms with Crippen LogP contribution in [0, 0.1) is 11.8 Å². The normalized spacial score (nSPS) is 18.3. The number of carbonyl (C=O) groups is 1. The molecule has 1 fully saturated rings. The summed E-state index contributed by atoms with van der Waals surface area (Å²) in [5.74, 6) is -0.443. The molecule has 0 N–H and O–H groups in total. The van der Waals surface area contributed by atoms with E-state index in [0.717, 1.165) is 18.2 Å². The molecule has 3 aromatic carbocycles. The van der Waals surface area contributed by atoms with Gasteiger partial charge in [-0.25, -0.2) is 0 Å². The number of rotatable bonds is 8. The standard InChI is InChI=1S/C31H32F6N2O/c1-21(2)16-39(29(40)23-7-4-3-5-8-23)19-25-18-38(17-22-11-13-26(14-12-22)30(32,33)34)20-28(25)24-9-6-10-27(15-24)31(35,36)37/h3-15,21,25,28H,16-20H2,1-2H3. The Balaban J connectivity index is 1.62. The first kappa shape index (κ1) is 29.6. The van der Waals surface area contributed by atoms with Gasteiger partial charge in [-0.3, -0.25) is 9.69 Å². The lowest BCUT2D eigenvalue weighted by Crippen LogP contribution is -2.39. The highest BCUT2D eigenvalue weighted by atomic mass is 19.4. The van der Waals surface area contributed by atoms with E-state index in [9.17, 15) is 31.1 Å². The number of hydrogen-bond acceptors (Lipinski definition) is 2. The molecule has 1 aliphatic heterocycles. The van der Waals surface area contributed by atoms with E-state index in [1.54, 1.807) is 35.2 Å². The van der Waals surface area contributed by atoms with Crippen LogP contribution in [-0.4, -0.2) is 41.9 Å². The third kappa shape index (κ3) is 7.44. The van der Waals surface area contributed by atoms with Crippen molar-refractivity contribution in [3.63, 3.8) is 0 Å². The molecule has 0 saturated carbocycles. The van der Waals surface area contributed by atoms with E-state index in [1.165, 1.54) is 24.3 Å². The molecule has 2 atom stereocenters. The molecule has 0 aromatic heterocycles. The first-order chi connectivity index (χ1) is 18.8. The van der Waals surface area contributed by atoms with Gasteiger partial charge in [-0.15, -0.1) is 0 Å². The second-order valence-corrected chi connectivity index (χ2v) is 10.8. The molecule has 1 aliphatic rings. The highest BCUT2D eigenvalue weighted by Crippen LogP contribution is 2.38. The van der Waals surface area contributed by atoms with E-state index < -0.39 is 23.5 Å². The summed E-state index contributed by atoms with van der Waals surface area (Å²) in [5, 5.41) is 0. The lowest BCUT2D eigenvalue weighted by atomic mass is 9.87. The molecule has 40 heavy (non-hydrogen) atoms. The Morgan fingerprint density at radius 2 is 1.50 bits per heavy atom. The maximum Gasteiger partial charge on any atom is 0.416 e. The lowest BCUT2D eigenvalue weighted by molar-refractivity contribution is -0.138. The molecule has 3 nitrogen and oxygen atoms in total. The minimum absolute atomic E-state index is 0.140. The number of benzene rings is 3. The van der Waals surface area contributed by atoms with Crippen LogP contribution in [-0.2, 0) is 18.9 Å². The topological polar surface area (TPSA) is 23.6 Å². The first-order valence-electron chi connectivity index (χ1n) is 13.2. The maximum atomic E-state index is 13.5. The fourth-order valence-corrected chi connectivity index (χ4v) is 5.38. The summed E-state index contributed by atoms with van der Waals surface area (Å²) in [5.41, 5.74) is 0.283. The van der Waals surface area contributed by atoms with Crippen molar-refractivity contribution in [3.8, 4) is 0 Å². The largest absolute Gasteiger partial charge is 0.416 e. The van der Waals surface area contributed by atoms with Crippen LogP contribution >= 0.6 is 0 Å². The number of amides is 1. The monoisotopic (exact) mass is 562 g/mol. The van der Waals surface area contributed by atoms with E-state index in [0.29, 0.717) is 49.4 Å². The van der Waals surface area contributed by atoms with Crippen LogP contribution in [0.1, 0.15) is 52.4 Å². The molecular weight excluding hydrogens is 530 g/mol. The minimum atomic E-state index is -4.49. The molecule has 214 valence electrons. The van der Waals surface area contributed by atoms with Crippen molar-refractivity contribution in [2.45, 2.75) is 38.7 Å². The Morgan fingerprint density at radius 1 is 0.850 bits per heavy atom. The predicted octanol–water partition coefficient (Wildman–Crippen LogP) is 7.74. The number of hydrogen-bond donors (Lipinski definition) is 0. The molecule has 4 rings (SSSR count). The summed E-state index contributed by atoms with van der Waals surface area (Å²) in [4.78, 5) is 17.3. The number of likely N-dealkylation sites (tertiary alicyclic amines) is 1. The van der Waals surface area contributed by atoms with E-state index in [4.69, 9.17) is 0 Å². The Kier molecular flexibility index (Phi) is 8.93. The van der Waals surface area contributed by atoms with Crippen molar-refractivity contribution >= 4 is 5.91 Å². The van der Waals surface area contributed by atoms with Gasteiger partial charge in [-0.05, 0) is 53.3 Å². The zero-order chi connectivity index (χ0) is 29.1. The third-order valence-corrected chi connectivity index (χ3v) is 7.19. The van der Waals surface area contributed by atoms with Crippen molar-refractivity contribution in [1.29, 1.82) is 0 Å². The Morgan fingerprint density at radius 3 is 2.10 bits per heavy atom. The van der Waals surface area contributed by atoms with Crippen LogP contribution in [0.3, 0.4) is 0 Å².